The Balaban J connectivity index is 1.66. The molecule has 1 heterocycles. The second-order valence-corrected chi connectivity index (χ2v) is 9.25. The van der Waals surface area contributed by atoms with Crippen molar-refractivity contribution < 1.29 is 4.79 Å². The van der Waals surface area contributed by atoms with Crippen molar-refractivity contribution in [2.75, 3.05) is 5.32 Å². The van der Waals surface area contributed by atoms with Gasteiger partial charge in [-0.25, -0.2) is 4.98 Å². The molecule has 0 bridgehead atoms. The Morgan fingerprint density at radius 3 is 2.57 bits per heavy atom. The number of carbonyl (C=O) groups is 1. The maximum Gasteiger partial charge on any atom is 0.262 e. The second-order valence-electron chi connectivity index (χ2n) is 7.94. The van der Waals surface area contributed by atoms with E-state index in [1.807, 2.05) is 66.9 Å². The lowest BCUT2D eigenvalue weighted by Crippen LogP contribution is -2.30. The largest absolute Gasteiger partial charge is 0.325 e. The molecule has 1 atom stereocenters. The standard InChI is InChI=1S/C24H27N3O2S/c1-16-10-6-8-14-20(16)25-22(28)17(2)30-24-26-21-15-9-7-13-19(21)23(29)27(24)18-11-4-3-5-12-18/h6-10,13-15,17-18H,3-5,11-12H2,1-2H3,(H,25,28). The van der Waals surface area contributed by atoms with Crippen LogP contribution in [0.1, 0.15) is 50.6 Å². The summed E-state index contributed by atoms with van der Waals surface area (Å²) in [5.74, 6) is -0.0908. The minimum absolute atomic E-state index is 0.00140. The van der Waals surface area contributed by atoms with Gasteiger partial charge in [-0.15, -0.1) is 0 Å². The molecule has 1 aromatic heterocycles. The fourth-order valence-electron chi connectivity index (χ4n) is 4.03. The van der Waals surface area contributed by atoms with Crippen LogP contribution in [0.3, 0.4) is 0 Å². The number of para-hydroxylation sites is 2. The molecule has 30 heavy (non-hydrogen) atoms. The van der Waals surface area contributed by atoms with Crippen LogP contribution in [0.15, 0.2) is 58.5 Å². The lowest BCUT2D eigenvalue weighted by molar-refractivity contribution is -0.115. The van der Waals surface area contributed by atoms with Crippen molar-refractivity contribution in [1.82, 2.24) is 9.55 Å². The van der Waals surface area contributed by atoms with Gasteiger partial charge in [0.25, 0.3) is 5.56 Å². The van der Waals surface area contributed by atoms with Crippen molar-refractivity contribution in [2.45, 2.75) is 62.4 Å². The van der Waals surface area contributed by atoms with Crippen LogP contribution in [-0.2, 0) is 4.79 Å². The van der Waals surface area contributed by atoms with Gasteiger partial charge in [-0.3, -0.25) is 14.2 Å². The molecule has 4 rings (SSSR count). The Labute approximate surface area is 180 Å². The molecule has 6 heteroatoms. The summed E-state index contributed by atoms with van der Waals surface area (Å²) in [5, 5.41) is 3.90. The Kier molecular flexibility index (Phi) is 6.23. The van der Waals surface area contributed by atoms with Gasteiger partial charge in [0.15, 0.2) is 5.16 Å². The maximum absolute atomic E-state index is 13.3. The summed E-state index contributed by atoms with van der Waals surface area (Å²) in [4.78, 5) is 31.0. The molecule has 5 nitrogen and oxygen atoms in total. The van der Waals surface area contributed by atoms with Crippen LogP contribution < -0.4 is 10.9 Å². The molecule has 0 aliphatic heterocycles. The molecule has 156 valence electrons. The Morgan fingerprint density at radius 2 is 1.80 bits per heavy atom. The Bertz CT molecular complexity index is 1120. The lowest BCUT2D eigenvalue weighted by atomic mass is 9.95. The van der Waals surface area contributed by atoms with Crippen LogP contribution in [0.2, 0.25) is 0 Å². The summed E-state index contributed by atoms with van der Waals surface area (Å²) >= 11 is 1.37. The van der Waals surface area contributed by atoms with E-state index in [0.717, 1.165) is 36.9 Å². The topological polar surface area (TPSA) is 64.0 Å². The fraction of sp³-hybridized carbons (Fsp3) is 0.375. The van der Waals surface area contributed by atoms with Gasteiger partial charge in [-0.2, -0.15) is 0 Å². The van der Waals surface area contributed by atoms with Gasteiger partial charge in [-0.1, -0.05) is 61.4 Å². The predicted octanol–water partition coefficient (Wildman–Crippen LogP) is 5.33. The summed E-state index contributed by atoms with van der Waals surface area (Å²) in [5.41, 5.74) is 2.52. The predicted molar refractivity (Wildman–Crippen MR) is 123 cm³/mol. The van der Waals surface area contributed by atoms with Crippen LogP contribution in [0, 0.1) is 6.92 Å². The number of hydrogen-bond donors (Lipinski definition) is 1. The lowest BCUT2D eigenvalue weighted by Gasteiger charge is -2.26. The molecule has 3 aromatic rings. The van der Waals surface area contributed by atoms with Crippen LogP contribution in [-0.4, -0.2) is 20.7 Å². The van der Waals surface area contributed by atoms with Crippen molar-refractivity contribution in [2.24, 2.45) is 0 Å². The van der Waals surface area contributed by atoms with Crippen molar-refractivity contribution in [1.29, 1.82) is 0 Å². The third-order valence-electron chi connectivity index (χ3n) is 5.77. The first-order valence-corrected chi connectivity index (χ1v) is 11.5. The number of nitrogens with zero attached hydrogens (tertiary/aromatic N) is 2. The van der Waals surface area contributed by atoms with Crippen molar-refractivity contribution >= 4 is 34.3 Å². The Morgan fingerprint density at radius 1 is 1.10 bits per heavy atom. The van der Waals surface area contributed by atoms with Crippen LogP contribution in [0.4, 0.5) is 5.69 Å². The normalized spacial score (nSPS) is 15.8. The first kappa shape index (κ1) is 20.7. The average Bonchev–Trinajstić information content (AvgIpc) is 2.76. The van der Waals surface area contributed by atoms with Gasteiger partial charge in [-0.05, 0) is 50.5 Å². The van der Waals surface area contributed by atoms with E-state index in [4.69, 9.17) is 4.98 Å². The number of amides is 1. The monoisotopic (exact) mass is 421 g/mol. The highest BCUT2D eigenvalue weighted by atomic mass is 32.2. The number of carbonyl (C=O) groups excluding carboxylic acids is 1. The Hall–Kier alpha value is -2.60. The van der Waals surface area contributed by atoms with Crippen molar-refractivity contribution in [3.05, 3.63) is 64.4 Å². The van der Waals surface area contributed by atoms with Gasteiger partial charge < -0.3 is 5.32 Å². The maximum atomic E-state index is 13.3. The summed E-state index contributed by atoms with van der Waals surface area (Å²) in [6.45, 7) is 3.84. The summed E-state index contributed by atoms with van der Waals surface area (Å²) in [6.07, 6.45) is 5.42. The van der Waals surface area contributed by atoms with E-state index in [-0.39, 0.29) is 22.8 Å². The number of benzene rings is 2. The second kappa shape index (κ2) is 9.04. The first-order chi connectivity index (χ1) is 14.5. The van der Waals surface area contributed by atoms with Crippen molar-refractivity contribution in [3.63, 3.8) is 0 Å². The zero-order valence-corrected chi connectivity index (χ0v) is 18.2. The van der Waals surface area contributed by atoms with Gasteiger partial charge in [0.05, 0.1) is 16.2 Å². The summed E-state index contributed by atoms with van der Waals surface area (Å²) in [7, 11) is 0. The fourth-order valence-corrected chi connectivity index (χ4v) is 5.01. The third kappa shape index (κ3) is 4.29. The molecule has 1 fully saturated rings. The molecule has 1 aliphatic carbocycles. The number of fused-ring (bicyclic) bond motifs is 1. The molecular weight excluding hydrogens is 394 g/mol. The molecule has 1 aliphatic rings. The zero-order chi connectivity index (χ0) is 21.1. The molecule has 0 radical (unpaired) electrons. The number of thioether (sulfide) groups is 1. The van der Waals surface area contributed by atoms with Crippen molar-refractivity contribution in [3.8, 4) is 0 Å². The highest BCUT2D eigenvalue weighted by Crippen LogP contribution is 2.32. The highest BCUT2D eigenvalue weighted by molar-refractivity contribution is 8.00. The summed E-state index contributed by atoms with van der Waals surface area (Å²) in [6, 6.07) is 15.4. The van der Waals surface area contributed by atoms with E-state index in [1.54, 1.807) is 0 Å². The SMILES string of the molecule is Cc1ccccc1NC(=O)C(C)Sc1nc2ccccc2c(=O)n1C1CCCCC1. The van der Waals surface area contributed by atoms with E-state index >= 15 is 0 Å². The molecule has 0 saturated heterocycles. The molecule has 1 amide bonds. The smallest absolute Gasteiger partial charge is 0.262 e. The van der Waals surface area contributed by atoms with E-state index < -0.39 is 0 Å². The minimum atomic E-state index is -0.382. The minimum Gasteiger partial charge on any atom is -0.325 e. The number of aromatic nitrogens is 2. The molecular formula is C24H27N3O2S. The van der Waals surface area contributed by atoms with Crippen LogP contribution >= 0.6 is 11.8 Å². The third-order valence-corrected chi connectivity index (χ3v) is 6.84. The number of hydrogen-bond acceptors (Lipinski definition) is 4. The number of anilines is 1. The van der Waals surface area contributed by atoms with Gasteiger partial charge in [0.1, 0.15) is 0 Å². The quantitative estimate of drug-likeness (QED) is 0.447. The molecule has 1 unspecified atom stereocenters. The van der Waals surface area contributed by atoms with E-state index in [1.165, 1.54) is 18.2 Å². The number of aryl methyl sites for hydroxylation is 1. The average molecular weight is 422 g/mol. The first-order valence-electron chi connectivity index (χ1n) is 10.6. The van der Waals surface area contributed by atoms with Gasteiger partial charge in [0.2, 0.25) is 5.91 Å². The molecule has 1 saturated carbocycles. The van der Waals surface area contributed by atoms with Gasteiger partial charge >= 0.3 is 0 Å². The van der Waals surface area contributed by atoms with Crippen LogP contribution in [0.25, 0.3) is 10.9 Å². The highest BCUT2D eigenvalue weighted by Gasteiger charge is 2.25. The van der Waals surface area contributed by atoms with E-state index in [9.17, 15) is 9.59 Å². The summed E-state index contributed by atoms with van der Waals surface area (Å²) < 4.78 is 1.85. The van der Waals surface area contributed by atoms with Crippen LogP contribution in [0.5, 0.6) is 0 Å². The molecule has 0 spiro atoms. The number of rotatable bonds is 5. The van der Waals surface area contributed by atoms with Gasteiger partial charge in [0, 0.05) is 11.7 Å². The zero-order valence-electron chi connectivity index (χ0n) is 17.4. The molecule has 1 N–H and O–H groups in total. The van der Waals surface area contributed by atoms with E-state index in [2.05, 4.69) is 5.32 Å². The molecule has 2 aromatic carbocycles. The number of nitrogens with one attached hydrogen (secondary N) is 1. The van der Waals surface area contributed by atoms with E-state index in [0.29, 0.717) is 16.1 Å².